The smallest absolute Gasteiger partial charge is 0.303 e. The molecular weight excluding hydrogens is 404 g/mol. The number of ether oxygens (including phenoxy) is 1. The van der Waals surface area contributed by atoms with Crippen LogP contribution in [0, 0.1) is 5.92 Å². The van der Waals surface area contributed by atoms with Gasteiger partial charge >= 0.3 is 5.97 Å². The third-order valence-corrected chi connectivity index (χ3v) is 6.64. The number of rotatable bonds is 13. The van der Waals surface area contributed by atoms with Gasteiger partial charge in [0.15, 0.2) is 11.9 Å². The van der Waals surface area contributed by atoms with Crippen LogP contribution < -0.4 is 5.32 Å². The van der Waals surface area contributed by atoms with Crippen LogP contribution in [0.4, 0.5) is 0 Å². The number of nitrogens with zero attached hydrogens (tertiary/aromatic N) is 1. The molecule has 32 heavy (non-hydrogen) atoms. The minimum absolute atomic E-state index is 0.0308. The van der Waals surface area contributed by atoms with E-state index in [0.717, 1.165) is 37.3 Å². The molecule has 6 heteroatoms. The van der Waals surface area contributed by atoms with Gasteiger partial charge in [-0.1, -0.05) is 69.2 Å². The van der Waals surface area contributed by atoms with Gasteiger partial charge in [0.05, 0.1) is 0 Å². The molecule has 1 aromatic rings. The first-order valence-corrected chi connectivity index (χ1v) is 12.4. The Morgan fingerprint density at radius 3 is 2.50 bits per heavy atom. The molecule has 0 radical (unpaired) electrons. The third kappa shape index (κ3) is 8.29. The Balaban J connectivity index is 1.32. The molecule has 176 valence electrons. The van der Waals surface area contributed by atoms with Gasteiger partial charge in [-0.3, -0.25) is 9.59 Å². The van der Waals surface area contributed by atoms with Crippen molar-refractivity contribution in [2.24, 2.45) is 10.9 Å². The SMILES string of the molecule is O=C(O)CCc1ccccc1CCCC1=NC(C(=O)NCCCCC2CCCCC2)CO1. The van der Waals surface area contributed by atoms with Gasteiger partial charge in [0.1, 0.15) is 6.61 Å². The molecule has 1 atom stereocenters. The number of carboxylic acids is 1. The predicted octanol–water partition coefficient (Wildman–Crippen LogP) is 4.69. The van der Waals surface area contributed by atoms with Gasteiger partial charge < -0.3 is 15.2 Å². The van der Waals surface area contributed by atoms with Crippen LogP contribution in [0.2, 0.25) is 0 Å². The molecule has 2 N–H and O–H groups in total. The van der Waals surface area contributed by atoms with E-state index >= 15 is 0 Å². The maximum absolute atomic E-state index is 12.4. The largest absolute Gasteiger partial charge is 0.481 e. The fourth-order valence-corrected chi connectivity index (χ4v) is 4.77. The number of aliphatic imine (C=N–C) groups is 1. The number of carboxylic acid groups (broad SMARTS) is 1. The Bertz CT molecular complexity index is 771. The van der Waals surface area contributed by atoms with Crippen LogP contribution in [-0.4, -0.2) is 42.1 Å². The number of benzene rings is 1. The highest BCUT2D eigenvalue weighted by Crippen LogP contribution is 2.27. The van der Waals surface area contributed by atoms with Gasteiger partial charge in [0.25, 0.3) is 0 Å². The predicted molar refractivity (Wildman–Crippen MR) is 126 cm³/mol. The number of carbonyl (C=O) groups excluding carboxylic acids is 1. The number of hydrogen-bond acceptors (Lipinski definition) is 4. The van der Waals surface area contributed by atoms with Crippen molar-refractivity contribution in [1.29, 1.82) is 0 Å². The molecule has 0 aromatic heterocycles. The molecule has 3 rings (SSSR count). The van der Waals surface area contributed by atoms with E-state index in [1.165, 1.54) is 50.5 Å². The van der Waals surface area contributed by atoms with E-state index in [9.17, 15) is 9.59 Å². The molecule has 1 unspecified atom stereocenters. The molecule has 1 saturated carbocycles. The van der Waals surface area contributed by atoms with Crippen molar-refractivity contribution < 1.29 is 19.4 Å². The van der Waals surface area contributed by atoms with E-state index in [1.54, 1.807) is 0 Å². The normalized spacial score (nSPS) is 18.8. The average Bonchev–Trinajstić information content (AvgIpc) is 3.28. The van der Waals surface area contributed by atoms with Crippen molar-refractivity contribution >= 4 is 17.8 Å². The third-order valence-electron chi connectivity index (χ3n) is 6.64. The summed E-state index contributed by atoms with van der Waals surface area (Å²) in [5.41, 5.74) is 2.26. The van der Waals surface area contributed by atoms with Crippen molar-refractivity contribution in [2.45, 2.75) is 89.5 Å². The standard InChI is InChI=1S/C26H38N2O4/c29-25(30)17-16-22-13-5-4-12-21(22)14-8-15-24-28-23(19-32-24)26(31)27-18-7-6-11-20-9-2-1-3-10-20/h4-5,12-13,20,23H,1-3,6-11,14-19H2,(H,27,31)(H,29,30). The second-order valence-corrected chi connectivity index (χ2v) is 9.16. The monoisotopic (exact) mass is 442 g/mol. The highest BCUT2D eigenvalue weighted by Gasteiger charge is 2.25. The van der Waals surface area contributed by atoms with E-state index < -0.39 is 12.0 Å². The second kappa shape index (κ2) is 13.2. The highest BCUT2D eigenvalue weighted by molar-refractivity contribution is 5.88. The quantitative estimate of drug-likeness (QED) is 0.434. The molecule has 0 saturated heterocycles. The number of aryl methyl sites for hydroxylation is 2. The van der Waals surface area contributed by atoms with E-state index in [0.29, 0.717) is 25.3 Å². The summed E-state index contributed by atoms with van der Waals surface area (Å²) in [6, 6.07) is 7.56. The topological polar surface area (TPSA) is 88.0 Å². The molecule has 2 aliphatic rings. The molecule has 0 bridgehead atoms. The number of carbonyl (C=O) groups is 2. The molecule has 6 nitrogen and oxygen atoms in total. The summed E-state index contributed by atoms with van der Waals surface area (Å²) >= 11 is 0. The van der Waals surface area contributed by atoms with Crippen LogP contribution in [-0.2, 0) is 27.2 Å². The van der Waals surface area contributed by atoms with E-state index in [-0.39, 0.29) is 12.3 Å². The molecule has 1 fully saturated rings. The minimum Gasteiger partial charge on any atom is -0.481 e. The number of amides is 1. The Morgan fingerprint density at radius 1 is 1.00 bits per heavy atom. The number of nitrogens with one attached hydrogen (secondary N) is 1. The van der Waals surface area contributed by atoms with Crippen LogP contribution in [0.5, 0.6) is 0 Å². The summed E-state index contributed by atoms with van der Waals surface area (Å²) in [5, 5.41) is 11.9. The van der Waals surface area contributed by atoms with Crippen molar-refractivity contribution in [1.82, 2.24) is 5.32 Å². The second-order valence-electron chi connectivity index (χ2n) is 9.16. The highest BCUT2D eigenvalue weighted by atomic mass is 16.5. The zero-order chi connectivity index (χ0) is 22.6. The zero-order valence-electron chi connectivity index (χ0n) is 19.2. The lowest BCUT2D eigenvalue weighted by Crippen LogP contribution is -2.34. The van der Waals surface area contributed by atoms with Gasteiger partial charge in [0.2, 0.25) is 5.91 Å². The lowest BCUT2D eigenvalue weighted by Gasteiger charge is -2.21. The summed E-state index contributed by atoms with van der Waals surface area (Å²) in [5.74, 6) is 0.753. The maximum atomic E-state index is 12.4. The summed E-state index contributed by atoms with van der Waals surface area (Å²) < 4.78 is 5.65. The van der Waals surface area contributed by atoms with Crippen LogP contribution >= 0.6 is 0 Å². The Labute approximate surface area is 191 Å². The number of unbranched alkanes of at least 4 members (excludes halogenated alkanes) is 1. The lowest BCUT2D eigenvalue weighted by atomic mass is 9.86. The van der Waals surface area contributed by atoms with E-state index in [2.05, 4.69) is 16.4 Å². The first-order chi connectivity index (χ1) is 15.6. The molecule has 1 aliphatic carbocycles. The average molecular weight is 443 g/mol. The minimum atomic E-state index is -0.776. The van der Waals surface area contributed by atoms with Crippen LogP contribution in [0.1, 0.15) is 81.8 Å². The summed E-state index contributed by atoms with van der Waals surface area (Å²) in [7, 11) is 0. The van der Waals surface area contributed by atoms with Gasteiger partial charge in [0, 0.05) is 19.4 Å². The number of hydrogen-bond donors (Lipinski definition) is 2. The first kappa shape index (κ1) is 24.3. The van der Waals surface area contributed by atoms with E-state index in [4.69, 9.17) is 9.84 Å². The lowest BCUT2D eigenvalue weighted by molar-refractivity contribution is -0.137. The van der Waals surface area contributed by atoms with Gasteiger partial charge in [-0.15, -0.1) is 0 Å². The summed E-state index contributed by atoms with van der Waals surface area (Å²) in [6.07, 6.45) is 13.6. The zero-order valence-corrected chi connectivity index (χ0v) is 19.2. The molecular formula is C26H38N2O4. The summed E-state index contributed by atoms with van der Waals surface area (Å²) in [4.78, 5) is 27.7. The fraction of sp³-hybridized carbons (Fsp3) is 0.654. The van der Waals surface area contributed by atoms with E-state index in [1.807, 2.05) is 18.2 Å². The first-order valence-electron chi connectivity index (χ1n) is 12.4. The van der Waals surface area contributed by atoms with Gasteiger partial charge in [-0.05, 0) is 42.7 Å². The Morgan fingerprint density at radius 2 is 1.75 bits per heavy atom. The molecule has 1 aliphatic heterocycles. The molecule has 0 spiro atoms. The van der Waals surface area contributed by atoms with Crippen molar-refractivity contribution in [3.8, 4) is 0 Å². The summed E-state index contributed by atoms with van der Waals surface area (Å²) in [6.45, 7) is 1.05. The van der Waals surface area contributed by atoms with Crippen molar-refractivity contribution in [3.05, 3.63) is 35.4 Å². The maximum Gasteiger partial charge on any atom is 0.303 e. The van der Waals surface area contributed by atoms with Crippen LogP contribution in [0.15, 0.2) is 29.3 Å². The molecule has 1 aromatic carbocycles. The van der Waals surface area contributed by atoms with Crippen molar-refractivity contribution in [3.63, 3.8) is 0 Å². The Hall–Kier alpha value is -2.37. The van der Waals surface area contributed by atoms with Gasteiger partial charge in [-0.25, -0.2) is 4.99 Å². The van der Waals surface area contributed by atoms with Crippen molar-refractivity contribution in [2.75, 3.05) is 13.2 Å². The molecule has 1 amide bonds. The fourth-order valence-electron chi connectivity index (χ4n) is 4.77. The Kier molecular flexibility index (Phi) is 10.0. The van der Waals surface area contributed by atoms with Gasteiger partial charge in [-0.2, -0.15) is 0 Å². The van der Waals surface area contributed by atoms with Crippen LogP contribution in [0.25, 0.3) is 0 Å². The van der Waals surface area contributed by atoms with Crippen LogP contribution in [0.3, 0.4) is 0 Å². The molecule has 1 heterocycles. The number of aliphatic carboxylic acids is 1.